The summed E-state index contributed by atoms with van der Waals surface area (Å²) in [5.74, 6) is 0.616. The maximum absolute atomic E-state index is 12.2. The van der Waals surface area contributed by atoms with Crippen molar-refractivity contribution in [3.8, 4) is 0 Å². The Labute approximate surface area is 157 Å². The number of hydrogen-bond donors (Lipinski definition) is 1. The van der Waals surface area contributed by atoms with Crippen LogP contribution in [-0.2, 0) is 24.4 Å². The Balaban J connectivity index is 1.59. The maximum Gasteiger partial charge on any atom is 0.274 e. The standard InChI is InChI=1S/C22H21N3O2/c1-14-9-16-12-27-13-17(16)10-19(14)23-22-24-21(26)11-18-7-8-20(25(18)22)15-5-3-2-4-6-15/h2-6,9-11,20H,7-8,12-13H2,1H3,(H,23,24,26). The Kier molecular flexibility index (Phi) is 3.83. The van der Waals surface area contributed by atoms with Gasteiger partial charge >= 0.3 is 0 Å². The van der Waals surface area contributed by atoms with Crippen LogP contribution in [0.25, 0.3) is 0 Å². The van der Waals surface area contributed by atoms with Crippen molar-refractivity contribution in [2.75, 3.05) is 5.32 Å². The quantitative estimate of drug-likeness (QED) is 0.771. The molecule has 0 aliphatic carbocycles. The molecule has 0 saturated heterocycles. The fourth-order valence-corrected chi connectivity index (χ4v) is 4.18. The number of aromatic nitrogens is 2. The lowest BCUT2D eigenvalue weighted by Gasteiger charge is -2.21. The third kappa shape index (κ3) is 2.84. The number of ether oxygens (including phenoxy) is 1. The average molecular weight is 359 g/mol. The number of fused-ring (bicyclic) bond motifs is 2. The first kappa shape index (κ1) is 16.3. The summed E-state index contributed by atoms with van der Waals surface area (Å²) in [6, 6.07) is 16.5. The third-order valence-corrected chi connectivity index (χ3v) is 5.52. The molecule has 2 aliphatic heterocycles. The highest BCUT2D eigenvalue weighted by Gasteiger charge is 2.26. The smallest absolute Gasteiger partial charge is 0.274 e. The molecule has 0 fully saturated rings. The van der Waals surface area contributed by atoms with Crippen molar-refractivity contribution in [2.45, 2.75) is 39.0 Å². The monoisotopic (exact) mass is 359 g/mol. The highest BCUT2D eigenvalue weighted by atomic mass is 16.5. The van der Waals surface area contributed by atoms with Gasteiger partial charge in [0.1, 0.15) is 0 Å². The van der Waals surface area contributed by atoms with E-state index in [0.717, 1.165) is 29.8 Å². The summed E-state index contributed by atoms with van der Waals surface area (Å²) in [6.45, 7) is 3.38. The van der Waals surface area contributed by atoms with Crippen molar-refractivity contribution >= 4 is 11.6 Å². The lowest BCUT2D eigenvalue weighted by molar-refractivity contribution is 0.134. The highest BCUT2D eigenvalue weighted by Crippen LogP contribution is 2.35. The Morgan fingerprint density at radius 2 is 1.89 bits per heavy atom. The Bertz CT molecular complexity index is 1070. The Morgan fingerprint density at radius 1 is 1.11 bits per heavy atom. The largest absolute Gasteiger partial charge is 0.372 e. The van der Waals surface area contributed by atoms with Crippen molar-refractivity contribution in [3.05, 3.63) is 86.8 Å². The van der Waals surface area contributed by atoms with Gasteiger partial charge in [0.25, 0.3) is 5.56 Å². The van der Waals surface area contributed by atoms with E-state index >= 15 is 0 Å². The van der Waals surface area contributed by atoms with Gasteiger partial charge in [-0.3, -0.25) is 4.79 Å². The number of rotatable bonds is 3. The van der Waals surface area contributed by atoms with E-state index in [9.17, 15) is 4.79 Å². The van der Waals surface area contributed by atoms with Crippen LogP contribution in [0.3, 0.4) is 0 Å². The highest BCUT2D eigenvalue weighted by molar-refractivity contribution is 5.62. The van der Waals surface area contributed by atoms with Crippen LogP contribution in [-0.4, -0.2) is 9.55 Å². The molecule has 27 heavy (non-hydrogen) atoms. The molecule has 2 aliphatic rings. The molecule has 0 amide bonds. The second kappa shape index (κ2) is 6.35. The lowest BCUT2D eigenvalue weighted by atomic mass is 10.0. The number of aryl methyl sites for hydroxylation is 2. The number of nitrogens with one attached hydrogen (secondary N) is 1. The molecule has 0 saturated carbocycles. The summed E-state index contributed by atoms with van der Waals surface area (Å²) < 4.78 is 7.72. The van der Waals surface area contributed by atoms with E-state index in [1.807, 2.05) is 6.07 Å². The first-order valence-electron chi connectivity index (χ1n) is 9.33. The molecule has 3 aromatic rings. The van der Waals surface area contributed by atoms with E-state index in [1.165, 1.54) is 16.7 Å². The molecular formula is C22H21N3O2. The van der Waals surface area contributed by atoms with Gasteiger partial charge in [-0.15, -0.1) is 0 Å². The van der Waals surface area contributed by atoms with Gasteiger partial charge in [0, 0.05) is 17.4 Å². The minimum Gasteiger partial charge on any atom is -0.372 e. The van der Waals surface area contributed by atoms with Gasteiger partial charge < -0.3 is 14.6 Å². The summed E-state index contributed by atoms with van der Waals surface area (Å²) in [5, 5.41) is 3.44. The molecule has 5 heteroatoms. The van der Waals surface area contributed by atoms with Crippen molar-refractivity contribution < 1.29 is 4.74 Å². The fourth-order valence-electron chi connectivity index (χ4n) is 4.18. The van der Waals surface area contributed by atoms with Gasteiger partial charge in [0.2, 0.25) is 5.95 Å². The van der Waals surface area contributed by atoms with E-state index < -0.39 is 0 Å². The summed E-state index contributed by atoms with van der Waals surface area (Å²) in [5.41, 5.74) is 6.62. The molecule has 5 rings (SSSR count). The molecule has 5 nitrogen and oxygen atoms in total. The summed E-state index contributed by atoms with van der Waals surface area (Å²) in [7, 11) is 0. The van der Waals surface area contributed by atoms with Crippen molar-refractivity contribution in [2.24, 2.45) is 0 Å². The zero-order valence-electron chi connectivity index (χ0n) is 15.2. The predicted molar refractivity (Wildman–Crippen MR) is 104 cm³/mol. The molecule has 136 valence electrons. The van der Waals surface area contributed by atoms with Crippen LogP contribution < -0.4 is 10.9 Å². The van der Waals surface area contributed by atoms with Crippen LogP contribution in [0.2, 0.25) is 0 Å². The molecule has 0 bridgehead atoms. The van der Waals surface area contributed by atoms with Crippen LogP contribution in [0.4, 0.5) is 11.6 Å². The minimum absolute atomic E-state index is 0.190. The fraction of sp³-hybridized carbons (Fsp3) is 0.273. The summed E-state index contributed by atoms with van der Waals surface area (Å²) >= 11 is 0. The zero-order chi connectivity index (χ0) is 18.4. The molecule has 0 radical (unpaired) electrons. The second-order valence-corrected chi connectivity index (χ2v) is 7.30. The number of nitrogens with zero attached hydrogens (tertiary/aromatic N) is 2. The van der Waals surface area contributed by atoms with Crippen LogP contribution in [0.1, 0.15) is 40.4 Å². The molecule has 0 spiro atoms. The Hall–Kier alpha value is -2.92. The molecule has 3 heterocycles. The van der Waals surface area contributed by atoms with Crippen LogP contribution in [0, 0.1) is 6.92 Å². The van der Waals surface area contributed by atoms with E-state index in [4.69, 9.17) is 4.74 Å². The minimum atomic E-state index is -0.195. The molecule has 1 unspecified atom stereocenters. The summed E-state index contributed by atoms with van der Waals surface area (Å²) in [6.07, 6.45) is 1.85. The number of anilines is 2. The lowest BCUT2D eigenvalue weighted by Crippen LogP contribution is -2.19. The van der Waals surface area contributed by atoms with Crippen LogP contribution in [0.15, 0.2) is 53.3 Å². The molecular weight excluding hydrogens is 338 g/mol. The van der Waals surface area contributed by atoms with Gasteiger partial charge in [0.05, 0.1) is 19.3 Å². The predicted octanol–water partition coefficient (Wildman–Crippen LogP) is 3.86. The molecule has 1 atom stereocenters. The van der Waals surface area contributed by atoms with Crippen LogP contribution in [0.5, 0.6) is 0 Å². The normalized spacial score (nSPS) is 17.6. The molecule has 1 aromatic heterocycles. The number of benzene rings is 2. The SMILES string of the molecule is Cc1cc2c(cc1Nc1nc(=O)cc3n1C(c1ccccc1)CC3)COC2. The van der Waals surface area contributed by atoms with Crippen molar-refractivity contribution in [1.82, 2.24) is 9.55 Å². The molecule has 1 N–H and O–H groups in total. The maximum atomic E-state index is 12.2. The van der Waals surface area contributed by atoms with E-state index in [-0.39, 0.29) is 11.6 Å². The van der Waals surface area contributed by atoms with Gasteiger partial charge in [-0.1, -0.05) is 36.4 Å². The third-order valence-electron chi connectivity index (χ3n) is 5.52. The van der Waals surface area contributed by atoms with Gasteiger partial charge in [-0.2, -0.15) is 4.98 Å². The van der Waals surface area contributed by atoms with Crippen molar-refractivity contribution in [1.29, 1.82) is 0 Å². The topological polar surface area (TPSA) is 56.2 Å². The number of hydrogen-bond acceptors (Lipinski definition) is 4. The van der Waals surface area contributed by atoms with E-state index in [2.05, 4.69) is 58.2 Å². The molecule has 2 aromatic carbocycles. The average Bonchev–Trinajstić information content (AvgIpc) is 3.29. The second-order valence-electron chi connectivity index (χ2n) is 7.30. The van der Waals surface area contributed by atoms with E-state index in [0.29, 0.717) is 19.2 Å². The van der Waals surface area contributed by atoms with E-state index in [1.54, 1.807) is 6.07 Å². The van der Waals surface area contributed by atoms with Crippen molar-refractivity contribution in [3.63, 3.8) is 0 Å². The summed E-state index contributed by atoms with van der Waals surface area (Å²) in [4.78, 5) is 16.5. The first-order chi connectivity index (χ1) is 13.2. The van der Waals surface area contributed by atoms with Crippen LogP contribution >= 0.6 is 0 Å². The first-order valence-corrected chi connectivity index (χ1v) is 9.33. The Morgan fingerprint density at radius 3 is 2.70 bits per heavy atom. The van der Waals surface area contributed by atoms with Gasteiger partial charge in [-0.25, -0.2) is 0 Å². The van der Waals surface area contributed by atoms with Gasteiger partial charge in [0.15, 0.2) is 0 Å². The van der Waals surface area contributed by atoms with Gasteiger partial charge in [-0.05, 0) is 48.1 Å². The zero-order valence-corrected chi connectivity index (χ0v) is 15.2.